The molecule has 2 aromatic rings. The second-order valence-corrected chi connectivity index (χ2v) is 5.44. The molecular formula is C17H14F3N3O. The molecule has 3 rings (SSSR count). The van der Waals surface area contributed by atoms with Crippen LogP contribution in [-0.2, 0) is 10.9 Å². The molecular weight excluding hydrogens is 319 g/mol. The maximum absolute atomic E-state index is 12.6. The highest BCUT2D eigenvalue weighted by atomic mass is 19.4. The van der Waals surface area contributed by atoms with Crippen LogP contribution < -0.4 is 4.90 Å². The van der Waals surface area contributed by atoms with E-state index in [4.69, 9.17) is 10.00 Å². The van der Waals surface area contributed by atoms with Crippen LogP contribution >= 0.6 is 0 Å². The zero-order chi connectivity index (χ0) is 17.2. The van der Waals surface area contributed by atoms with E-state index in [1.165, 1.54) is 18.3 Å². The standard InChI is InChI=1S/C17H14F3N3O/c18-17(19,20)14-4-2-13(3-5-14)15-11-23(7-8-24-15)16-6-1-12(9-21)10-22-16/h1-6,10,15H,7-8,11H2. The molecule has 1 fully saturated rings. The van der Waals surface area contributed by atoms with E-state index in [1.807, 2.05) is 11.0 Å². The Kier molecular flexibility index (Phi) is 4.40. The smallest absolute Gasteiger partial charge is 0.370 e. The van der Waals surface area contributed by atoms with Crippen LogP contribution in [0.4, 0.5) is 19.0 Å². The molecule has 0 amide bonds. The summed E-state index contributed by atoms with van der Waals surface area (Å²) in [5.41, 5.74) is 0.500. The molecule has 0 N–H and O–H groups in total. The van der Waals surface area contributed by atoms with E-state index in [2.05, 4.69) is 4.98 Å². The zero-order valence-corrected chi connectivity index (χ0v) is 12.6. The monoisotopic (exact) mass is 333 g/mol. The first-order chi connectivity index (χ1) is 11.5. The Morgan fingerprint density at radius 1 is 1.17 bits per heavy atom. The second kappa shape index (κ2) is 6.49. The summed E-state index contributed by atoms with van der Waals surface area (Å²) in [6, 6.07) is 10.5. The summed E-state index contributed by atoms with van der Waals surface area (Å²) >= 11 is 0. The lowest BCUT2D eigenvalue weighted by atomic mass is 10.1. The highest BCUT2D eigenvalue weighted by molar-refractivity contribution is 5.43. The first-order valence-corrected chi connectivity index (χ1v) is 7.37. The Bertz CT molecular complexity index is 736. The molecule has 2 heterocycles. The normalized spacial score (nSPS) is 18.2. The zero-order valence-electron chi connectivity index (χ0n) is 12.6. The Morgan fingerprint density at radius 2 is 1.92 bits per heavy atom. The van der Waals surface area contributed by atoms with E-state index in [9.17, 15) is 13.2 Å². The molecule has 1 aliphatic heterocycles. The van der Waals surface area contributed by atoms with E-state index in [-0.39, 0.29) is 6.10 Å². The maximum atomic E-state index is 12.6. The Labute approximate surface area is 137 Å². The first kappa shape index (κ1) is 16.3. The van der Waals surface area contributed by atoms with Gasteiger partial charge in [0.2, 0.25) is 0 Å². The van der Waals surface area contributed by atoms with Gasteiger partial charge in [0.05, 0.1) is 17.7 Å². The molecule has 0 spiro atoms. The average molecular weight is 333 g/mol. The third-order valence-electron chi connectivity index (χ3n) is 3.88. The lowest BCUT2D eigenvalue weighted by Gasteiger charge is -2.34. The van der Waals surface area contributed by atoms with Crippen molar-refractivity contribution >= 4 is 5.82 Å². The molecule has 124 valence electrons. The molecule has 1 aliphatic rings. The highest BCUT2D eigenvalue weighted by Gasteiger charge is 2.31. The summed E-state index contributed by atoms with van der Waals surface area (Å²) < 4.78 is 43.6. The van der Waals surface area contributed by atoms with E-state index in [1.54, 1.807) is 12.1 Å². The second-order valence-electron chi connectivity index (χ2n) is 5.44. The molecule has 1 atom stereocenters. The number of hydrogen-bond acceptors (Lipinski definition) is 4. The van der Waals surface area contributed by atoms with Crippen LogP contribution in [0.3, 0.4) is 0 Å². The van der Waals surface area contributed by atoms with Crippen LogP contribution in [0.2, 0.25) is 0 Å². The van der Waals surface area contributed by atoms with Gasteiger partial charge in [-0.15, -0.1) is 0 Å². The Morgan fingerprint density at radius 3 is 2.50 bits per heavy atom. The molecule has 0 aliphatic carbocycles. The lowest BCUT2D eigenvalue weighted by molar-refractivity contribution is -0.137. The van der Waals surface area contributed by atoms with Crippen molar-refractivity contribution in [3.8, 4) is 6.07 Å². The van der Waals surface area contributed by atoms with Gasteiger partial charge in [0.15, 0.2) is 0 Å². The number of ether oxygens (including phenoxy) is 1. The molecule has 0 radical (unpaired) electrons. The Hall–Kier alpha value is -2.59. The van der Waals surface area contributed by atoms with Gasteiger partial charge in [-0.1, -0.05) is 12.1 Å². The van der Waals surface area contributed by atoms with Crippen molar-refractivity contribution in [3.05, 3.63) is 59.3 Å². The third-order valence-corrected chi connectivity index (χ3v) is 3.88. The number of alkyl halides is 3. The van der Waals surface area contributed by atoms with Crippen molar-refractivity contribution in [2.24, 2.45) is 0 Å². The van der Waals surface area contributed by atoms with Crippen LogP contribution in [0, 0.1) is 11.3 Å². The Balaban J connectivity index is 1.74. The van der Waals surface area contributed by atoms with Gasteiger partial charge >= 0.3 is 6.18 Å². The fourth-order valence-corrected chi connectivity index (χ4v) is 2.59. The van der Waals surface area contributed by atoms with Crippen molar-refractivity contribution in [1.82, 2.24) is 4.98 Å². The lowest BCUT2D eigenvalue weighted by Crippen LogP contribution is -2.38. The number of anilines is 1. The maximum Gasteiger partial charge on any atom is 0.416 e. The van der Waals surface area contributed by atoms with Crippen molar-refractivity contribution in [3.63, 3.8) is 0 Å². The molecule has 1 aromatic heterocycles. The summed E-state index contributed by atoms with van der Waals surface area (Å²) in [7, 11) is 0. The predicted molar refractivity (Wildman–Crippen MR) is 81.3 cm³/mol. The van der Waals surface area contributed by atoms with Gasteiger partial charge in [-0.3, -0.25) is 0 Å². The van der Waals surface area contributed by atoms with Crippen LogP contribution in [-0.4, -0.2) is 24.7 Å². The molecule has 1 unspecified atom stereocenters. The first-order valence-electron chi connectivity index (χ1n) is 7.37. The minimum atomic E-state index is -4.34. The van der Waals surface area contributed by atoms with Gasteiger partial charge in [0.25, 0.3) is 0 Å². The number of rotatable bonds is 2. The summed E-state index contributed by atoms with van der Waals surface area (Å²) in [6.07, 6.45) is -3.17. The molecule has 4 nitrogen and oxygen atoms in total. The molecule has 24 heavy (non-hydrogen) atoms. The summed E-state index contributed by atoms with van der Waals surface area (Å²) in [5, 5.41) is 8.81. The number of nitriles is 1. The van der Waals surface area contributed by atoms with E-state index < -0.39 is 11.7 Å². The molecule has 0 bridgehead atoms. The van der Waals surface area contributed by atoms with E-state index in [0.29, 0.717) is 36.6 Å². The largest absolute Gasteiger partial charge is 0.416 e. The average Bonchev–Trinajstić information content (AvgIpc) is 2.61. The van der Waals surface area contributed by atoms with Gasteiger partial charge in [-0.25, -0.2) is 4.98 Å². The van der Waals surface area contributed by atoms with Gasteiger partial charge in [-0.2, -0.15) is 18.4 Å². The SMILES string of the molecule is N#Cc1ccc(N2CCOC(c3ccc(C(F)(F)F)cc3)C2)nc1. The van der Waals surface area contributed by atoms with Gasteiger partial charge in [0, 0.05) is 19.3 Å². The predicted octanol–water partition coefficient (Wildman–Crippen LogP) is 3.55. The van der Waals surface area contributed by atoms with Gasteiger partial charge in [-0.05, 0) is 29.8 Å². The van der Waals surface area contributed by atoms with Gasteiger partial charge < -0.3 is 9.64 Å². The van der Waals surface area contributed by atoms with Crippen molar-refractivity contribution < 1.29 is 17.9 Å². The van der Waals surface area contributed by atoms with E-state index >= 15 is 0 Å². The minimum Gasteiger partial charge on any atom is -0.370 e. The molecule has 0 saturated carbocycles. The van der Waals surface area contributed by atoms with Gasteiger partial charge in [0.1, 0.15) is 18.0 Å². The molecule has 1 saturated heterocycles. The molecule has 1 aromatic carbocycles. The number of nitrogens with zero attached hydrogens (tertiary/aromatic N) is 3. The highest BCUT2D eigenvalue weighted by Crippen LogP contribution is 2.31. The summed E-state index contributed by atoms with van der Waals surface area (Å²) in [4.78, 5) is 6.24. The number of hydrogen-bond donors (Lipinski definition) is 0. The van der Waals surface area contributed by atoms with Crippen molar-refractivity contribution in [1.29, 1.82) is 5.26 Å². The van der Waals surface area contributed by atoms with Crippen molar-refractivity contribution in [2.75, 3.05) is 24.6 Å². The summed E-state index contributed by atoms with van der Waals surface area (Å²) in [6.45, 7) is 1.58. The number of pyridine rings is 1. The quantitative estimate of drug-likeness (QED) is 0.843. The van der Waals surface area contributed by atoms with Crippen LogP contribution in [0.1, 0.15) is 22.8 Å². The molecule has 7 heteroatoms. The summed E-state index contributed by atoms with van der Waals surface area (Å²) in [5.74, 6) is 0.717. The van der Waals surface area contributed by atoms with Crippen LogP contribution in [0.25, 0.3) is 0 Å². The number of aromatic nitrogens is 1. The fourth-order valence-electron chi connectivity index (χ4n) is 2.59. The van der Waals surface area contributed by atoms with Crippen LogP contribution in [0.5, 0.6) is 0 Å². The number of morpholine rings is 1. The third kappa shape index (κ3) is 3.49. The number of benzene rings is 1. The minimum absolute atomic E-state index is 0.321. The number of halogens is 3. The van der Waals surface area contributed by atoms with Crippen LogP contribution in [0.15, 0.2) is 42.6 Å². The topological polar surface area (TPSA) is 49.2 Å². The van der Waals surface area contributed by atoms with Crippen molar-refractivity contribution in [2.45, 2.75) is 12.3 Å². The fraction of sp³-hybridized carbons (Fsp3) is 0.294. The van der Waals surface area contributed by atoms with E-state index in [0.717, 1.165) is 12.1 Å².